The maximum Gasteiger partial charge on any atom is 0.254 e. The van der Waals surface area contributed by atoms with Crippen LogP contribution in [0.2, 0.25) is 0 Å². The van der Waals surface area contributed by atoms with E-state index < -0.39 is 0 Å². The van der Waals surface area contributed by atoms with E-state index in [2.05, 4.69) is 10.3 Å². The van der Waals surface area contributed by atoms with Gasteiger partial charge in [-0.2, -0.15) is 0 Å². The second-order valence-electron chi connectivity index (χ2n) is 6.36. The maximum absolute atomic E-state index is 12.5. The van der Waals surface area contributed by atoms with Crippen molar-refractivity contribution in [2.24, 2.45) is 0 Å². The second kappa shape index (κ2) is 7.35. The van der Waals surface area contributed by atoms with Crippen LogP contribution in [0.15, 0.2) is 59.4 Å². The molecule has 1 heterocycles. The van der Waals surface area contributed by atoms with Gasteiger partial charge in [0.15, 0.2) is 0 Å². The van der Waals surface area contributed by atoms with E-state index in [1.165, 1.54) is 10.6 Å². The number of anilines is 1. The summed E-state index contributed by atoms with van der Waals surface area (Å²) in [6.45, 7) is 5.69. The smallest absolute Gasteiger partial charge is 0.254 e. The average molecular weight is 347 g/mol. The third-order valence-electron chi connectivity index (χ3n) is 4.26. The van der Waals surface area contributed by atoms with Gasteiger partial charge in [-0.05, 0) is 44.0 Å². The van der Waals surface area contributed by atoms with E-state index in [1.807, 2.05) is 62.4 Å². The molecule has 26 heavy (non-hydrogen) atoms. The largest absolute Gasteiger partial charge is 0.325 e. The summed E-state index contributed by atoms with van der Waals surface area (Å²) in [7, 11) is 0. The highest BCUT2D eigenvalue weighted by Gasteiger charge is 2.13. The molecule has 1 aromatic heterocycles. The number of rotatable bonds is 4. The molecule has 3 rings (SSSR count). The standard InChI is InChI=1S/C21H21N3O2/c1-14-9-10-18(11-15(14)2)23-19(25)13-24-20(26)12-16(3)22-21(24)17-7-5-4-6-8-17/h4-12H,13H2,1-3H3,(H,23,25). The minimum atomic E-state index is -0.266. The summed E-state index contributed by atoms with van der Waals surface area (Å²) in [5.41, 5.74) is 4.15. The van der Waals surface area contributed by atoms with Gasteiger partial charge in [0.2, 0.25) is 5.91 Å². The number of carbonyl (C=O) groups excluding carboxylic acids is 1. The zero-order valence-corrected chi connectivity index (χ0v) is 15.1. The van der Waals surface area contributed by atoms with E-state index in [-0.39, 0.29) is 18.0 Å². The third-order valence-corrected chi connectivity index (χ3v) is 4.26. The number of nitrogens with one attached hydrogen (secondary N) is 1. The lowest BCUT2D eigenvalue weighted by Crippen LogP contribution is -2.29. The van der Waals surface area contributed by atoms with Gasteiger partial charge >= 0.3 is 0 Å². The van der Waals surface area contributed by atoms with Crippen molar-refractivity contribution < 1.29 is 4.79 Å². The molecule has 5 heteroatoms. The molecule has 0 bridgehead atoms. The van der Waals surface area contributed by atoms with Crippen LogP contribution in [0.3, 0.4) is 0 Å². The lowest BCUT2D eigenvalue weighted by atomic mass is 10.1. The first-order chi connectivity index (χ1) is 12.4. The van der Waals surface area contributed by atoms with Crippen LogP contribution >= 0.6 is 0 Å². The third kappa shape index (κ3) is 3.88. The molecule has 1 N–H and O–H groups in total. The molecule has 2 aromatic carbocycles. The highest BCUT2D eigenvalue weighted by molar-refractivity contribution is 5.91. The average Bonchev–Trinajstić information content (AvgIpc) is 2.61. The fourth-order valence-corrected chi connectivity index (χ4v) is 2.74. The van der Waals surface area contributed by atoms with Gasteiger partial charge in [0, 0.05) is 23.0 Å². The Morgan fingerprint density at radius 1 is 1.00 bits per heavy atom. The Morgan fingerprint density at radius 2 is 1.73 bits per heavy atom. The first-order valence-electron chi connectivity index (χ1n) is 8.45. The number of hydrogen-bond donors (Lipinski definition) is 1. The molecule has 5 nitrogen and oxygen atoms in total. The molecule has 0 saturated heterocycles. The van der Waals surface area contributed by atoms with Crippen molar-refractivity contribution in [2.75, 3.05) is 5.32 Å². The quantitative estimate of drug-likeness (QED) is 0.786. The van der Waals surface area contributed by atoms with Gasteiger partial charge in [0.1, 0.15) is 12.4 Å². The number of benzene rings is 2. The van der Waals surface area contributed by atoms with E-state index >= 15 is 0 Å². The Hall–Kier alpha value is -3.21. The molecule has 0 saturated carbocycles. The van der Waals surface area contributed by atoms with Gasteiger partial charge in [-0.15, -0.1) is 0 Å². The molecule has 132 valence electrons. The van der Waals surface area contributed by atoms with Crippen LogP contribution in [-0.4, -0.2) is 15.5 Å². The molecule has 0 atom stereocenters. The Labute approximate surface area is 152 Å². The van der Waals surface area contributed by atoms with Crippen molar-refractivity contribution in [3.63, 3.8) is 0 Å². The predicted molar refractivity (Wildman–Crippen MR) is 103 cm³/mol. The summed E-state index contributed by atoms with van der Waals surface area (Å²) in [5, 5.41) is 2.85. The van der Waals surface area contributed by atoms with Crippen molar-refractivity contribution in [2.45, 2.75) is 27.3 Å². The van der Waals surface area contributed by atoms with E-state index in [1.54, 1.807) is 6.92 Å². The number of nitrogens with zero attached hydrogens (tertiary/aromatic N) is 2. The van der Waals surface area contributed by atoms with E-state index in [4.69, 9.17) is 0 Å². The Morgan fingerprint density at radius 3 is 2.42 bits per heavy atom. The first kappa shape index (κ1) is 17.6. The van der Waals surface area contributed by atoms with Crippen LogP contribution in [0.25, 0.3) is 11.4 Å². The highest BCUT2D eigenvalue weighted by atomic mass is 16.2. The molecule has 0 radical (unpaired) electrons. The summed E-state index contributed by atoms with van der Waals surface area (Å²) < 4.78 is 1.40. The molecule has 1 amide bonds. The number of hydrogen-bond acceptors (Lipinski definition) is 3. The van der Waals surface area contributed by atoms with Crippen LogP contribution in [0.5, 0.6) is 0 Å². The molecule has 0 spiro atoms. The van der Waals surface area contributed by atoms with Crippen LogP contribution in [-0.2, 0) is 11.3 Å². The minimum absolute atomic E-state index is 0.0940. The first-order valence-corrected chi connectivity index (χ1v) is 8.45. The minimum Gasteiger partial charge on any atom is -0.325 e. The molecule has 0 unspecified atom stereocenters. The second-order valence-corrected chi connectivity index (χ2v) is 6.36. The number of carbonyl (C=O) groups is 1. The summed E-state index contributed by atoms with van der Waals surface area (Å²) in [6.07, 6.45) is 0. The van der Waals surface area contributed by atoms with Crippen LogP contribution < -0.4 is 10.9 Å². The summed E-state index contributed by atoms with van der Waals surface area (Å²) in [6, 6.07) is 16.6. The van der Waals surface area contributed by atoms with Crippen molar-refractivity contribution in [3.8, 4) is 11.4 Å². The van der Waals surface area contributed by atoms with Crippen molar-refractivity contribution in [3.05, 3.63) is 81.8 Å². The van der Waals surface area contributed by atoms with E-state index in [0.29, 0.717) is 17.2 Å². The number of aryl methyl sites for hydroxylation is 3. The molecule has 0 aliphatic carbocycles. The topological polar surface area (TPSA) is 64.0 Å². The lowest BCUT2D eigenvalue weighted by Gasteiger charge is -2.13. The van der Waals surface area contributed by atoms with Crippen molar-refractivity contribution in [1.82, 2.24) is 9.55 Å². The highest BCUT2D eigenvalue weighted by Crippen LogP contribution is 2.17. The van der Waals surface area contributed by atoms with Gasteiger partial charge in [0.05, 0.1) is 0 Å². The molecular formula is C21H21N3O2. The van der Waals surface area contributed by atoms with Gasteiger partial charge in [-0.1, -0.05) is 36.4 Å². The maximum atomic E-state index is 12.5. The van der Waals surface area contributed by atoms with Crippen molar-refractivity contribution >= 4 is 11.6 Å². The zero-order valence-electron chi connectivity index (χ0n) is 15.1. The molecule has 0 aliphatic rings. The molecule has 0 fully saturated rings. The SMILES string of the molecule is Cc1cc(=O)n(CC(=O)Nc2ccc(C)c(C)c2)c(-c2ccccc2)n1. The molecular weight excluding hydrogens is 326 g/mol. The van der Waals surface area contributed by atoms with Crippen LogP contribution in [0.4, 0.5) is 5.69 Å². The van der Waals surface area contributed by atoms with Crippen molar-refractivity contribution in [1.29, 1.82) is 0 Å². The fraction of sp³-hybridized carbons (Fsp3) is 0.190. The Bertz CT molecular complexity index is 1010. The zero-order chi connectivity index (χ0) is 18.7. The van der Waals surface area contributed by atoms with Gasteiger partial charge in [0.25, 0.3) is 5.56 Å². The summed E-state index contributed by atoms with van der Waals surface area (Å²) >= 11 is 0. The van der Waals surface area contributed by atoms with Gasteiger partial charge in [-0.25, -0.2) is 4.98 Å². The predicted octanol–water partition coefficient (Wildman–Crippen LogP) is 3.47. The normalized spacial score (nSPS) is 10.6. The number of aromatic nitrogens is 2. The van der Waals surface area contributed by atoms with E-state index in [9.17, 15) is 9.59 Å². The molecule has 3 aromatic rings. The monoisotopic (exact) mass is 347 g/mol. The summed E-state index contributed by atoms with van der Waals surface area (Å²) in [5.74, 6) is 0.226. The van der Waals surface area contributed by atoms with Gasteiger partial charge in [-0.3, -0.25) is 14.2 Å². The molecule has 0 aliphatic heterocycles. The van der Waals surface area contributed by atoms with E-state index in [0.717, 1.165) is 16.7 Å². The Kier molecular flexibility index (Phi) is 4.98. The van der Waals surface area contributed by atoms with Gasteiger partial charge < -0.3 is 5.32 Å². The summed E-state index contributed by atoms with van der Waals surface area (Å²) in [4.78, 5) is 29.4. The van der Waals surface area contributed by atoms with Crippen LogP contribution in [0, 0.1) is 20.8 Å². The fourth-order valence-electron chi connectivity index (χ4n) is 2.74. The van der Waals surface area contributed by atoms with Crippen LogP contribution in [0.1, 0.15) is 16.8 Å². The number of amides is 1. The Balaban J connectivity index is 1.90. The lowest BCUT2D eigenvalue weighted by molar-refractivity contribution is -0.116.